The van der Waals surface area contributed by atoms with Gasteiger partial charge in [-0.15, -0.1) is 0 Å². The van der Waals surface area contributed by atoms with Gasteiger partial charge in [-0.2, -0.15) is 8.78 Å². The number of para-hydroxylation sites is 1. The molecule has 2 aromatic carbocycles. The van der Waals surface area contributed by atoms with Crippen molar-refractivity contribution < 1.29 is 13.6 Å². The van der Waals surface area contributed by atoms with E-state index in [-0.39, 0.29) is 0 Å². The Morgan fingerprint density at radius 2 is 1.52 bits per heavy atom. The largest absolute Gasteiger partial charge is 0.353 e. The molecule has 2 rings (SSSR count). The molecule has 5 heteroatoms. The second-order valence-corrected chi connectivity index (χ2v) is 5.27. The van der Waals surface area contributed by atoms with Crippen LogP contribution < -0.4 is 5.32 Å². The van der Waals surface area contributed by atoms with Gasteiger partial charge in [0, 0.05) is 17.3 Å². The van der Waals surface area contributed by atoms with Crippen LogP contribution in [0.4, 0.5) is 14.5 Å². The van der Waals surface area contributed by atoms with E-state index in [1.54, 1.807) is 60.7 Å². The lowest BCUT2D eigenvalue weighted by Gasteiger charge is -2.15. The van der Waals surface area contributed by atoms with Gasteiger partial charge in [-0.25, -0.2) is 0 Å². The third-order valence-electron chi connectivity index (χ3n) is 2.69. The molecule has 0 bridgehead atoms. The molecule has 0 radical (unpaired) electrons. The summed E-state index contributed by atoms with van der Waals surface area (Å²) in [5, 5.41) is 2.56. The van der Waals surface area contributed by atoms with E-state index in [0.717, 1.165) is 6.08 Å². The number of carbonyl (C=O) groups is 1. The van der Waals surface area contributed by atoms with E-state index in [9.17, 15) is 13.6 Å². The van der Waals surface area contributed by atoms with Crippen LogP contribution in [-0.2, 0) is 0 Å². The molecule has 2 aromatic rings. The number of anilines is 1. The van der Waals surface area contributed by atoms with Gasteiger partial charge in [0.15, 0.2) is 5.78 Å². The first-order valence-electron chi connectivity index (χ1n) is 6.17. The Bertz CT molecular complexity index is 636. The van der Waals surface area contributed by atoms with Crippen LogP contribution in [0.1, 0.15) is 10.4 Å². The fourth-order valence-electron chi connectivity index (χ4n) is 1.68. The molecule has 0 saturated carbocycles. The number of hydrogen-bond donors (Lipinski definition) is 1. The lowest BCUT2D eigenvalue weighted by Crippen LogP contribution is -2.19. The van der Waals surface area contributed by atoms with Gasteiger partial charge in [0.05, 0.1) is 0 Å². The van der Waals surface area contributed by atoms with E-state index in [4.69, 9.17) is 0 Å². The monoisotopic (exact) mass is 351 g/mol. The van der Waals surface area contributed by atoms with Crippen LogP contribution in [0.25, 0.3) is 0 Å². The van der Waals surface area contributed by atoms with E-state index in [1.165, 1.54) is 0 Å². The summed E-state index contributed by atoms with van der Waals surface area (Å²) >= 11 is 2.29. The molecule has 0 saturated heterocycles. The number of halogens is 3. The molecule has 0 aromatic heterocycles. The first-order chi connectivity index (χ1) is 9.97. The van der Waals surface area contributed by atoms with Crippen LogP contribution >= 0.6 is 15.9 Å². The third-order valence-corrected chi connectivity index (χ3v) is 3.12. The molecule has 108 valence electrons. The predicted octanol–water partition coefficient (Wildman–Crippen LogP) is 4.85. The molecule has 0 spiro atoms. The van der Waals surface area contributed by atoms with Crippen molar-refractivity contribution in [3.05, 3.63) is 78.0 Å². The van der Waals surface area contributed by atoms with E-state index in [0.29, 0.717) is 11.3 Å². The fraction of sp³-hybridized carbons (Fsp3) is 0.0625. The van der Waals surface area contributed by atoms with Crippen LogP contribution in [0.5, 0.6) is 0 Å². The zero-order chi connectivity index (χ0) is 15.3. The summed E-state index contributed by atoms with van der Waals surface area (Å²) in [7, 11) is 0. The van der Waals surface area contributed by atoms with Gasteiger partial charge in [-0.3, -0.25) is 4.79 Å². The Kier molecular flexibility index (Phi) is 4.85. The summed E-state index contributed by atoms with van der Waals surface area (Å²) in [6.07, 6.45) is 0.900. The van der Waals surface area contributed by atoms with Crippen LogP contribution in [0.2, 0.25) is 0 Å². The van der Waals surface area contributed by atoms with Gasteiger partial charge in [0.1, 0.15) is 5.70 Å². The summed E-state index contributed by atoms with van der Waals surface area (Å²) in [6, 6.07) is 16.7. The average Bonchev–Trinajstić information content (AvgIpc) is 2.47. The Hall–Kier alpha value is -2.01. The summed E-state index contributed by atoms with van der Waals surface area (Å²) in [4.78, 5) is 8.70. The van der Waals surface area contributed by atoms with Crippen LogP contribution in [-0.4, -0.2) is 10.6 Å². The first-order valence-corrected chi connectivity index (χ1v) is 6.96. The van der Waals surface area contributed by atoms with Crippen molar-refractivity contribution in [1.29, 1.82) is 0 Å². The SMILES string of the molecule is O=C(/C=C(/Nc1ccccc1)C(F)(F)Br)c1ccccc1. The highest BCUT2D eigenvalue weighted by Gasteiger charge is 2.31. The maximum Gasteiger partial charge on any atom is 0.341 e. The normalized spacial score (nSPS) is 12.0. The summed E-state index contributed by atoms with van der Waals surface area (Å²) in [5.41, 5.74) is 0.313. The van der Waals surface area contributed by atoms with Crippen LogP contribution in [0.15, 0.2) is 72.4 Å². The average molecular weight is 352 g/mol. The van der Waals surface area contributed by atoms with Crippen molar-refractivity contribution >= 4 is 27.4 Å². The molecule has 0 aliphatic heterocycles. The number of alkyl halides is 3. The van der Waals surface area contributed by atoms with Gasteiger partial charge in [-0.1, -0.05) is 48.5 Å². The van der Waals surface area contributed by atoms with E-state index in [1.807, 2.05) is 0 Å². The van der Waals surface area contributed by atoms with E-state index in [2.05, 4.69) is 21.2 Å². The fourth-order valence-corrected chi connectivity index (χ4v) is 1.90. The van der Waals surface area contributed by atoms with Crippen LogP contribution in [0, 0.1) is 0 Å². The number of rotatable bonds is 5. The summed E-state index contributed by atoms with van der Waals surface area (Å²) in [5.74, 6) is -0.492. The van der Waals surface area contributed by atoms with Gasteiger partial charge in [0.2, 0.25) is 0 Å². The number of allylic oxidation sites excluding steroid dienone is 2. The molecule has 0 atom stereocenters. The molecule has 21 heavy (non-hydrogen) atoms. The highest BCUT2D eigenvalue weighted by atomic mass is 79.9. The molecule has 1 N–H and O–H groups in total. The van der Waals surface area contributed by atoms with Crippen LogP contribution in [0.3, 0.4) is 0 Å². The number of benzene rings is 2. The topological polar surface area (TPSA) is 29.1 Å². The van der Waals surface area contributed by atoms with Crippen molar-refractivity contribution in [2.75, 3.05) is 5.32 Å². The number of carbonyl (C=O) groups excluding carboxylic acids is 1. The highest BCUT2D eigenvalue weighted by molar-refractivity contribution is 9.10. The lowest BCUT2D eigenvalue weighted by molar-refractivity contribution is 0.103. The van der Waals surface area contributed by atoms with Crippen molar-refractivity contribution in [3.8, 4) is 0 Å². The standard InChI is InChI=1S/C16H12BrF2NO/c17-16(18,19)15(20-13-9-5-2-6-10-13)11-14(21)12-7-3-1-4-8-12/h1-11,20H/b15-11+. The second kappa shape index (κ2) is 6.63. The maximum atomic E-state index is 13.6. The van der Waals surface area contributed by atoms with Gasteiger partial charge < -0.3 is 5.32 Å². The summed E-state index contributed by atoms with van der Waals surface area (Å²) < 4.78 is 27.2. The Balaban J connectivity index is 2.28. The molecular formula is C16H12BrF2NO. The molecule has 0 fully saturated rings. The minimum absolute atomic E-state index is 0.349. The molecular weight excluding hydrogens is 340 g/mol. The molecule has 0 amide bonds. The number of nitrogens with one attached hydrogen (secondary N) is 1. The van der Waals surface area contributed by atoms with Crippen molar-refractivity contribution in [2.24, 2.45) is 0 Å². The molecule has 0 unspecified atom stereocenters. The smallest absolute Gasteiger partial charge is 0.341 e. The predicted molar refractivity (Wildman–Crippen MR) is 82.8 cm³/mol. The zero-order valence-electron chi connectivity index (χ0n) is 10.9. The highest BCUT2D eigenvalue weighted by Crippen LogP contribution is 2.32. The minimum atomic E-state index is -3.33. The van der Waals surface area contributed by atoms with Crippen molar-refractivity contribution in [3.63, 3.8) is 0 Å². The van der Waals surface area contributed by atoms with E-state index < -0.39 is 16.3 Å². The van der Waals surface area contributed by atoms with Crippen molar-refractivity contribution in [2.45, 2.75) is 4.83 Å². The number of ketones is 1. The molecule has 0 aliphatic rings. The minimum Gasteiger partial charge on any atom is -0.353 e. The molecule has 0 heterocycles. The van der Waals surface area contributed by atoms with Gasteiger partial charge in [0.25, 0.3) is 0 Å². The lowest BCUT2D eigenvalue weighted by atomic mass is 10.1. The van der Waals surface area contributed by atoms with Gasteiger partial charge in [-0.05, 0) is 28.1 Å². The maximum absolute atomic E-state index is 13.6. The van der Waals surface area contributed by atoms with Crippen molar-refractivity contribution in [1.82, 2.24) is 0 Å². The van der Waals surface area contributed by atoms with Gasteiger partial charge >= 0.3 is 4.83 Å². The third kappa shape index (κ3) is 4.49. The van der Waals surface area contributed by atoms with E-state index >= 15 is 0 Å². The molecule has 2 nitrogen and oxygen atoms in total. The first kappa shape index (κ1) is 15.4. The second-order valence-electron chi connectivity index (χ2n) is 4.28. The quantitative estimate of drug-likeness (QED) is 0.473. The summed E-state index contributed by atoms with van der Waals surface area (Å²) in [6.45, 7) is 0. The number of hydrogen-bond acceptors (Lipinski definition) is 2. The Labute approximate surface area is 129 Å². The molecule has 0 aliphatic carbocycles. The zero-order valence-corrected chi connectivity index (χ0v) is 12.5. The Morgan fingerprint density at radius 1 is 1.00 bits per heavy atom. The Morgan fingerprint density at radius 3 is 2.05 bits per heavy atom.